The average Bonchev–Trinajstić information content (AvgIpc) is 3.01. The summed E-state index contributed by atoms with van der Waals surface area (Å²) in [4.78, 5) is 11.1. The lowest BCUT2D eigenvalue weighted by molar-refractivity contribution is -0.138. The summed E-state index contributed by atoms with van der Waals surface area (Å²) in [5.74, 6) is 1.26. The van der Waals surface area contributed by atoms with Gasteiger partial charge in [-0.05, 0) is 110 Å². The van der Waals surface area contributed by atoms with Gasteiger partial charge >= 0.3 is 5.97 Å². The third-order valence-corrected chi connectivity index (χ3v) is 9.48. The minimum Gasteiger partial charge on any atom is -0.481 e. The minimum absolute atomic E-state index is 0.203. The lowest BCUT2D eigenvalue weighted by Gasteiger charge is -2.61. The van der Waals surface area contributed by atoms with Crippen LogP contribution < -0.4 is 0 Å². The number of aliphatic hydroxyl groups excluding tert-OH is 1. The van der Waals surface area contributed by atoms with E-state index in [1.807, 2.05) is 0 Å². The molecule has 0 spiro atoms. The standard InChI is InChI=1S/C24H40O3/c1-15(4-9-22(26)27)19-7-8-20-18-6-5-16-14-17(25)10-12-23(16,2)21(18)11-13-24(19,20)3/h15-21,25H,4-14H2,1-3H3,(H,26,27)/t15-,16-,17-,18+,19-,20+,21+,23+,24-/m0/s1/i10D2,14D2. The van der Waals surface area contributed by atoms with Crippen LogP contribution in [-0.4, -0.2) is 22.3 Å². The fourth-order valence-corrected chi connectivity index (χ4v) is 8.08. The maximum absolute atomic E-state index is 11.1. The molecule has 4 rings (SSSR count). The zero-order valence-corrected chi connectivity index (χ0v) is 17.2. The minimum atomic E-state index is -1.90. The van der Waals surface area contributed by atoms with E-state index in [4.69, 9.17) is 10.6 Å². The SMILES string of the molecule is [2H]C1([2H])C[C@@]2(C)[C@@H]3CC[C@]4(C)[C@H](CC[C@H]4[C@@H](C)CCC(=O)O)[C@H]3CC[C@H]2C([2H])([2H])[C@H]1O. The molecule has 0 aromatic rings. The fraction of sp³-hybridized carbons (Fsp3) is 0.958. The largest absolute Gasteiger partial charge is 0.481 e. The van der Waals surface area contributed by atoms with E-state index in [0.717, 1.165) is 44.9 Å². The molecule has 0 amide bonds. The van der Waals surface area contributed by atoms with Crippen LogP contribution in [0.1, 0.15) is 96.8 Å². The topological polar surface area (TPSA) is 57.5 Å². The molecule has 154 valence electrons. The van der Waals surface area contributed by atoms with Gasteiger partial charge in [-0.2, -0.15) is 0 Å². The van der Waals surface area contributed by atoms with Crippen molar-refractivity contribution in [3.8, 4) is 0 Å². The molecular weight excluding hydrogens is 336 g/mol. The highest BCUT2D eigenvalue weighted by Gasteiger charge is 2.60. The molecule has 3 nitrogen and oxygen atoms in total. The molecule has 27 heavy (non-hydrogen) atoms. The molecular formula is C24H40O3. The summed E-state index contributed by atoms with van der Waals surface area (Å²) >= 11 is 0. The van der Waals surface area contributed by atoms with Crippen molar-refractivity contribution in [1.29, 1.82) is 0 Å². The second-order valence-corrected chi connectivity index (χ2v) is 10.6. The van der Waals surface area contributed by atoms with Gasteiger partial charge in [-0.1, -0.05) is 20.8 Å². The molecule has 4 saturated carbocycles. The summed E-state index contributed by atoms with van der Waals surface area (Å²) in [7, 11) is 0. The molecule has 4 aliphatic carbocycles. The van der Waals surface area contributed by atoms with E-state index in [-0.39, 0.29) is 24.2 Å². The second-order valence-electron chi connectivity index (χ2n) is 10.6. The van der Waals surface area contributed by atoms with Crippen LogP contribution in [0.25, 0.3) is 0 Å². The van der Waals surface area contributed by atoms with Gasteiger partial charge in [0.1, 0.15) is 0 Å². The van der Waals surface area contributed by atoms with Crippen LogP contribution in [0, 0.1) is 46.3 Å². The molecule has 0 saturated heterocycles. The van der Waals surface area contributed by atoms with Gasteiger partial charge in [-0.15, -0.1) is 0 Å². The van der Waals surface area contributed by atoms with Crippen LogP contribution in [0.3, 0.4) is 0 Å². The number of aliphatic hydroxyl groups is 1. The Kier molecular flexibility index (Phi) is 3.99. The van der Waals surface area contributed by atoms with Gasteiger partial charge in [0.2, 0.25) is 0 Å². The number of hydrogen-bond acceptors (Lipinski definition) is 2. The van der Waals surface area contributed by atoms with Gasteiger partial charge in [-0.25, -0.2) is 0 Å². The lowest BCUT2D eigenvalue weighted by atomic mass is 9.44. The number of carboxylic acids is 1. The highest BCUT2D eigenvalue weighted by molar-refractivity contribution is 5.66. The number of aliphatic carboxylic acids is 1. The van der Waals surface area contributed by atoms with Crippen molar-refractivity contribution < 1.29 is 20.5 Å². The van der Waals surface area contributed by atoms with E-state index in [0.29, 0.717) is 29.6 Å². The predicted octanol–water partition coefficient (Wildman–Crippen LogP) is 5.51. The van der Waals surface area contributed by atoms with Crippen LogP contribution in [0.2, 0.25) is 0 Å². The number of carboxylic acid groups (broad SMARTS) is 1. The van der Waals surface area contributed by atoms with Crippen LogP contribution in [0.5, 0.6) is 0 Å². The van der Waals surface area contributed by atoms with Crippen molar-refractivity contribution in [3.63, 3.8) is 0 Å². The van der Waals surface area contributed by atoms with Gasteiger partial charge in [-0.3, -0.25) is 4.79 Å². The first kappa shape index (κ1) is 15.3. The number of rotatable bonds is 4. The van der Waals surface area contributed by atoms with Crippen LogP contribution >= 0.6 is 0 Å². The van der Waals surface area contributed by atoms with E-state index in [2.05, 4.69) is 20.8 Å². The van der Waals surface area contributed by atoms with Gasteiger partial charge in [0.25, 0.3) is 0 Å². The molecule has 0 radical (unpaired) electrons. The molecule has 4 aliphatic rings. The molecule has 4 fully saturated rings. The van der Waals surface area contributed by atoms with Crippen LogP contribution in [0.15, 0.2) is 0 Å². The summed E-state index contributed by atoms with van der Waals surface area (Å²) in [6, 6.07) is 0. The summed E-state index contributed by atoms with van der Waals surface area (Å²) in [6.45, 7) is 6.75. The Hall–Kier alpha value is -0.570. The van der Waals surface area contributed by atoms with E-state index in [1.165, 1.54) is 0 Å². The maximum atomic E-state index is 11.1. The highest BCUT2D eigenvalue weighted by atomic mass is 16.4. The summed E-state index contributed by atoms with van der Waals surface area (Å²) in [5.41, 5.74) is -0.224. The van der Waals surface area contributed by atoms with Crippen molar-refractivity contribution in [2.24, 2.45) is 46.3 Å². The quantitative estimate of drug-likeness (QED) is 0.676. The Bertz CT molecular complexity index is 728. The molecule has 9 atom stereocenters. The Morgan fingerprint density at radius 3 is 2.59 bits per heavy atom. The monoisotopic (exact) mass is 380 g/mol. The molecule has 0 bridgehead atoms. The number of hydrogen-bond donors (Lipinski definition) is 2. The highest BCUT2D eigenvalue weighted by Crippen LogP contribution is 2.68. The average molecular weight is 381 g/mol. The number of carbonyl (C=O) groups is 1. The molecule has 0 aromatic carbocycles. The summed E-state index contributed by atoms with van der Waals surface area (Å²) in [5, 5.41) is 19.6. The Morgan fingerprint density at radius 1 is 1.11 bits per heavy atom. The molecule has 0 unspecified atom stereocenters. The zero-order chi connectivity index (χ0) is 23.0. The van der Waals surface area contributed by atoms with Crippen molar-refractivity contribution in [3.05, 3.63) is 0 Å². The summed E-state index contributed by atoms with van der Waals surface area (Å²) in [6.07, 6.45) is 1.91. The number of fused-ring (bicyclic) bond motifs is 5. The van der Waals surface area contributed by atoms with Crippen molar-refractivity contribution in [2.45, 2.75) is 97.4 Å². The van der Waals surface area contributed by atoms with Crippen molar-refractivity contribution >= 4 is 5.97 Å². The molecule has 0 aliphatic heterocycles. The van der Waals surface area contributed by atoms with E-state index < -0.39 is 30.2 Å². The van der Waals surface area contributed by atoms with Crippen molar-refractivity contribution in [2.75, 3.05) is 0 Å². The first-order chi connectivity index (χ1) is 14.2. The molecule has 0 heterocycles. The first-order valence-electron chi connectivity index (χ1n) is 13.1. The predicted molar refractivity (Wildman–Crippen MR) is 107 cm³/mol. The van der Waals surface area contributed by atoms with Crippen LogP contribution in [0.4, 0.5) is 0 Å². The smallest absolute Gasteiger partial charge is 0.303 e. The van der Waals surface area contributed by atoms with Crippen molar-refractivity contribution in [1.82, 2.24) is 0 Å². The normalized spacial score (nSPS) is 56.3. The molecule has 2 N–H and O–H groups in total. The molecule has 0 aromatic heterocycles. The van der Waals surface area contributed by atoms with Gasteiger partial charge < -0.3 is 10.2 Å². The Balaban J connectivity index is 1.59. The Morgan fingerprint density at radius 2 is 1.85 bits per heavy atom. The third-order valence-electron chi connectivity index (χ3n) is 9.48. The van der Waals surface area contributed by atoms with Gasteiger partial charge in [0.15, 0.2) is 0 Å². The third kappa shape index (κ3) is 3.16. The zero-order valence-electron chi connectivity index (χ0n) is 21.2. The molecule has 3 heteroatoms. The van der Waals surface area contributed by atoms with Gasteiger partial charge in [0, 0.05) is 11.9 Å². The fourth-order valence-electron chi connectivity index (χ4n) is 8.08. The lowest BCUT2D eigenvalue weighted by Crippen LogP contribution is -2.54. The Labute approximate surface area is 170 Å². The first-order valence-corrected chi connectivity index (χ1v) is 11.1. The van der Waals surface area contributed by atoms with Crippen LogP contribution in [-0.2, 0) is 4.79 Å². The maximum Gasteiger partial charge on any atom is 0.303 e. The second kappa shape index (κ2) is 7.04. The van der Waals surface area contributed by atoms with E-state index in [1.54, 1.807) is 0 Å². The van der Waals surface area contributed by atoms with E-state index >= 15 is 0 Å². The van der Waals surface area contributed by atoms with Gasteiger partial charge in [0.05, 0.1) is 6.10 Å². The summed E-state index contributed by atoms with van der Waals surface area (Å²) < 4.78 is 34.1. The van der Waals surface area contributed by atoms with E-state index in [9.17, 15) is 9.90 Å².